The molecule has 6 rings (SSSR count). The molecule has 0 bridgehead atoms. The Morgan fingerprint density at radius 2 is 1.81 bits per heavy atom. The Balaban J connectivity index is 1.39. The Morgan fingerprint density at radius 1 is 1.06 bits per heavy atom. The molecular weight excluding hydrogens is 464 g/mol. The van der Waals surface area contributed by atoms with Crippen molar-refractivity contribution < 1.29 is 13.6 Å². The van der Waals surface area contributed by atoms with Gasteiger partial charge in [0.1, 0.15) is 22.8 Å². The van der Waals surface area contributed by atoms with Gasteiger partial charge in [-0.1, -0.05) is 18.2 Å². The molecule has 0 unspecified atom stereocenters. The highest BCUT2D eigenvalue weighted by molar-refractivity contribution is 5.81. The number of carbonyl (C=O) groups excluding carboxylic acids is 1. The summed E-state index contributed by atoms with van der Waals surface area (Å²) in [6, 6.07) is 10.6. The van der Waals surface area contributed by atoms with Crippen molar-refractivity contribution in [3.05, 3.63) is 70.6 Å². The number of aryl methyl sites for hydroxylation is 1. The van der Waals surface area contributed by atoms with Gasteiger partial charge in [0.05, 0.1) is 11.8 Å². The molecule has 1 saturated heterocycles. The molecule has 1 aliphatic carbocycles. The Hall–Kier alpha value is -3.88. The van der Waals surface area contributed by atoms with Crippen LogP contribution in [0, 0.1) is 23.5 Å². The molecule has 184 valence electrons. The van der Waals surface area contributed by atoms with Crippen LogP contribution in [0.2, 0.25) is 0 Å². The highest BCUT2D eigenvalue weighted by Crippen LogP contribution is 2.34. The minimum Gasteiger partial charge on any atom is -0.342 e. The maximum absolute atomic E-state index is 15.5. The van der Waals surface area contributed by atoms with Crippen LogP contribution in [0.3, 0.4) is 0 Å². The second-order valence-corrected chi connectivity index (χ2v) is 9.77. The van der Waals surface area contributed by atoms with Gasteiger partial charge in [-0.25, -0.2) is 13.8 Å². The van der Waals surface area contributed by atoms with Crippen LogP contribution in [0.4, 0.5) is 8.78 Å². The summed E-state index contributed by atoms with van der Waals surface area (Å²) >= 11 is 0. The fourth-order valence-corrected chi connectivity index (χ4v) is 5.04. The number of nitrogens with zero attached hydrogens (tertiary/aromatic N) is 5. The van der Waals surface area contributed by atoms with E-state index < -0.39 is 5.82 Å². The van der Waals surface area contributed by atoms with Crippen LogP contribution >= 0.6 is 0 Å². The topological polar surface area (TPSA) is 73.0 Å². The van der Waals surface area contributed by atoms with E-state index in [9.17, 15) is 14.0 Å². The van der Waals surface area contributed by atoms with Gasteiger partial charge >= 0.3 is 0 Å². The van der Waals surface area contributed by atoms with Gasteiger partial charge in [-0.2, -0.15) is 5.10 Å². The van der Waals surface area contributed by atoms with E-state index in [-0.39, 0.29) is 40.5 Å². The molecule has 2 aromatic heterocycles. The summed E-state index contributed by atoms with van der Waals surface area (Å²) in [4.78, 5) is 32.6. The minimum absolute atomic E-state index is 0.0709. The molecule has 1 atom stereocenters. The standard InChI is InChI=1S/C27H25F2N5O2/c1-32-24-22(13-30-32)27(36)34(15-16-10-11-33(14-16)26(35)18-2-3-18)25(31-24)21-9-6-19(12-23(21)29)17-4-7-20(28)8-5-17/h4-9,12-13,16,18H,2-3,10-11,14-15H2,1H3/t16-/m1/s1. The Labute approximate surface area is 206 Å². The van der Waals surface area contributed by atoms with E-state index in [4.69, 9.17) is 0 Å². The third kappa shape index (κ3) is 3.98. The molecule has 0 N–H and O–H groups in total. The molecular formula is C27H25F2N5O2. The Bertz CT molecular complexity index is 1540. The van der Waals surface area contributed by atoms with Crippen LogP contribution in [-0.2, 0) is 18.4 Å². The number of amides is 1. The normalized spacial score (nSPS) is 17.8. The molecule has 1 amide bonds. The largest absolute Gasteiger partial charge is 0.342 e. The quantitative estimate of drug-likeness (QED) is 0.425. The van der Waals surface area contributed by atoms with Gasteiger partial charge in [0.2, 0.25) is 5.91 Å². The third-order valence-corrected chi connectivity index (χ3v) is 7.20. The van der Waals surface area contributed by atoms with Crippen molar-refractivity contribution in [2.24, 2.45) is 18.9 Å². The SMILES string of the molecule is Cn1ncc2c(=O)n(C[C@@H]3CCN(C(=O)C4CC4)C3)c(-c3ccc(-c4ccc(F)cc4)cc3F)nc21. The number of carbonyl (C=O) groups is 1. The summed E-state index contributed by atoms with van der Waals surface area (Å²) < 4.78 is 31.9. The summed E-state index contributed by atoms with van der Waals surface area (Å²) in [6.07, 6.45) is 4.18. The molecule has 2 fully saturated rings. The third-order valence-electron chi connectivity index (χ3n) is 7.20. The van der Waals surface area contributed by atoms with Gasteiger partial charge < -0.3 is 4.90 Å². The summed E-state index contributed by atoms with van der Waals surface area (Å²) in [7, 11) is 1.69. The summed E-state index contributed by atoms with van der Waals surface area (Å²) in [5, 5.41) is 4.54. The van der Waals surface area contributed by atoms with Gasteiger partial charge in [0.15, 0.2) is 5.65 Å². The van der Waals surface area contributed by atoms with E-state index in [0.29, 0.717) is 41.8 Å². The van der Waals surface area contributed by atoms with Gasteiger partial charge in [0.25, 0.3) is 5.56 Å². The average Bonchev–Trinajstić information content (AvgIpc) is 3.51. The lowest BCUT2D eigenvalue weighted by Gasteiger charge is -2.19. The molecule has 0 radical (unpaired) electrons. The first kappa shape index (κ1) is 22.6. The number of benzene rings is 2. The van der Waals surface area contributed by atoms with Crippen LogP contribution in [0.5, 0.6) is 0 Å². The first-order chi connectivity index (χ1) is 17.4. The Kier molecular flexibility index (Phi) is 5.43. The van der Waals surface area contributed by atoms with Crippen molar-refractivity contribution in [3.8, 4) is 22.5 Å². The molecule has 2 aromatic carbocycles. The summed E-state index contributed by atoms with van der Waals surface area (Å²) in [5.41, 5.74) is 1.57. The fourth-order valence-electron chi connectivity index (χ4n) is 5.04. The number of likely N-dealkylation sites (tertiary alicyclic amines) is 1. The van der Waals surface area contributed by atoms with Crippen LogP contribution < -0.4 is 5.56 Å². The molecule has 1 aliphatic heterocycles. The number of hydrogen-bond donors (Lipinski definition) is 0. The molecule has 36 heavy (non-hydrogen) atoms. The zero-order valence-corrected chi connectivity index (χ0v) is 19.8. The highest BCUT2D eigenvalue weighted by Gasteiger charge is 2.37. The lowest BCUT2D eigenvalue weighted by molar-refractivity contribution is -0.131. The summed E-state index contributed by atoms with van der Waals surface area (Å²) in [6.45, 7) is 1.59. The zero-order chi connectivity index (χ0) is 25.0. The molecule has 1 saturated carbocycles. The highest BCUT2D eigenvalue weighted by atomic mass is 19.1. The first-order valence-corrected chi connectivity index (χ1v) is 12.2. The van der Waals surface area contributed by atoms with Crippen LogP contribution in [0.25, 0.3) is 33.5 Å². The van der Waals surface area contributed by atoms with Crippen molar-refractivity contribution in [2.45, 2.75) is 25.8 Å². The van der Waals surface area contributed by atoms with Gasteiger partial charge in [-0.15, -0.1) is 0 Å². The van der Waals surface area contributed by atoms with Crippen molar-refractivity contribution in [1.82, 2.24) is 24.2 Å². The van der Waals surface area contributed by atoms with Crippen molar-refractivity contribution >= 4 is 16.9 Å². The maximum Gasteiger partial charge on any atom is 0.264 e. The second kappa shape index (κ2) is 8.65. The number of halogens is 2. The van der Waals surface area contributed by atoms with Crippen LogP contribution in [0.1, 0.15) is 19.3 Å². The average molecular weight is 490 g/mol. The minimum atomic E-state index is -0.532. The lowest BCUT2D eigenvalue weighted by atomic mass is 10.0. The number of hydrogen-bond acceptors (Lipinski definition) is 4. The van der Waals surface area contributed by atoms with Gasteiger partial charge in [-0.05, 0) is 60.6 Å². The van der Waals surface area contributed by atoms with E-state index in [2.05, 4.69) is 10.1 Å². The predicted octanol–water partition coefficient (Wildman–Crippen LogP) is 4.00. The van der Waals surface area contributed by atoms with E-state index in [1.54, 1.807) is 31.3 Å². The van der Waals surface area contributed by atoms with Gasteiger partial charge in [0, 0.05) is 32.6 Å². The second-order valence-electron chi connectivity index (χ2n) is 9.77. The molecule has 9 heteroatoms. The van der Waals surface area contributed by atoms with Crippen molar-refractivity contribution in [3.63, 3.8) is 0 Å². The number of rotatable bonds is 5. The molecule has 3 heterocycles. The van der Waals surface area contributed by atoms with E-state index in [1.807, 2.05) is 4.90 Å². The van der Waals surface area contributed by atoms with Crippen molar-refractivity contribution in [2.75, 3.05) is 13.1 Å². The van der Waals surface area contributed by atoms with Crippen LogP contribution in [0.15, 0.2) is 53.5 Å². The van der Waals surface area contributed by atoms with E-state index in [0.717, 1.165) is 19.3 Å². The number of aromatic nitrogens is 4. The van der Waals surface area contributed by atoms with Crippen LogP contribution in [-0.4, -0.2) is 43.2 Å². The monoisotopic (exact) mass is 489 g/mol. The lowest BCUT2D eigenvalue weighted by Crippen LogP contribution is -2.32. The molecule has 0 spiro atoms. The zero-order valence-electron chi connectivity index (χ0n) is 19.8. The van der Waals surface area contributed by atoms with Gasteiger partial charge in [-0.3, -0.25) is 18.8 Å². The number of fused-ring (bicyclic) bond motifs is 1. The predicted molar refractivity (Wildman–Crippen MR) is 131 cm³/mol. The molecule has 7 nitrogen and oxygen atoms in total. The molecule has 2 aliphatic rings. The maximum atomic E-state index is 15.5. The molecule has 4 aromatic rings. The Morgan fingerprint density at radius 3 is 2.53 bits per heavy atom. The smallest absolute Gasteiger partial charge is 0.264 e. The van der Waals surface area contributed by atoms with E-state index in [1.165, 1.54) is 33.6 Å². The fraction of sp³-hybridized carbons (Fsp3) is 0.333. The van der Waals surface area contributed by atoms with E-state index >= 15 is 4.39 Å². The summed E-state index contributed by atoms with van der Waals surface area (Å²) in [5.74, 6) is -0.237. The van der Waals surface area contributed by atoms with Crippen molar-refractivity contribution in [1.29, 1.82) is 0 Å². The first-order valence-electron chi connectivity index (χ1n) is 12.2.